The summed E-state index contributed by atoms with van der Waals surface area (Å²) >= 11 is 0. The summed E-state index contributed by atoms with van der Waals surface area (Å²) in [5.41, 5.74) is 0.174. The summed E-state index contributed by atoms with van der Waals surface area (Å²) in [7, 11) is 0. The van der Waals surface area contributed by atoms with E-state index in [9.17, 15) is 0 Å². The number of hydrogen-bond acceptors (Lipinski definition) is 3. The molecule has 1 N–H and O–H groups in total. The van der Waals surface area contributed by atoms with Crippen molar-refractivity contribution < 1.29 is 0 Å². The molecule has 114 valence electrons. The zero-order valence-corrected chi connectivity index (χ0v) is 13.7. The summed E-state index contributed by atoms with van der Waals surface area (Å²) < 4.78 is 2.39. The standard InChI is InChI=1S/C16H30N4/c1-6-8-9-12(7-2)14-18-19-15-13(16(3,4)5)17-10-11-20(14)15/h12-13,17H,6-11H2,1-5H3. The first-order valence-corrected chi connectivity index (χ1v) is 8.15. The Bertz CT molecular complexity index is 430. The first-order valence-electron chi connectivity index (χ1n) is 8.15. The topological polar surface area (TPSA) is 42.7 Å². The number of rotatable bonds is 5. The van der Waals surface area contributed by atoms with E-state index in [4.69, 9.17) is 0 Å². The van der Waals surface area contributed by atoms with Gasteiger partial charge in [-0.05, 0) is 18.3 Å². The van der Waals surface area contributed by atoms with Gasteiger partial charge < -0.3 is 9.88 Å². The van der Waals surface area contributed by atoms with Crippen molar-refractivity contribution in [2.24, 2.45) is 5.41 Å². The molecule has 0 radical (unpaired) electrons. The molecule has 0 aliphatic carbocycles. The molecule has 0 fully saturated rings. The predicted octanol–water partition coefficient (Wildman–Crippen LogP) is 3.65. The van der Waals surface area contributed by atoms with Crippen molar-refractivity contribution in [3.05, 3.63) is 11.6 Å². The molecule has 1 aliphatic heterocycles. The zero-order chi connectivity index (χ0) is 14.8. The maximum atomic E-state index is 4.56. The van der Waals surface area contributed by atoms with Gasteiger partial charge in [-0.2, -0.15) is 0 Å². The fourth-order valence-electron chi connectivity index (χ4n) is 3.14. The predicted molar refractivity (Wildman–Crippen MR) is 82.8 cm³/mol. The highest BCUT2D eigenvalue weighted by Gasteiger charge is 2.34. The largest absolute Gasteiger partial charge is 0.312 e. The average Bonchev–Trinajstić information content (AvgIpc) is 2.82. The van der Waals surface area contributed by atoms with Crippen molar-refractivity contribution in [3.63, 3.8) is 0 Å². The molecule has 0 bridgehead atoms. The Kier molecular flexibility index (Phi) is 4.84. The fraction of sp³-hybridized carbons (Fsp3) is 0.875. The van der Waals surface area contributed by atoms with E-state index in [2.05, 4.69) is 54.7 Å². The van der Waals surface area contributed by atoms with Gasteiger partial charge in [0.1, 0.15) is 5.82 Å². The minimum Gasteiger partial charge on any atom is -0.312 e. The molecule has 1 aromatic heterocycles. The minimum absolute atomic E-state index is 0.174. The molecule has 1 aromatic rings. The second-order valence-electron chi connectivity index (χ2n) is 7.07. The van der Waals surface area contributed by atoms with Gasteiger partial charge in [0, 0.05) is 19.0 Å². The smallest absolute Gasteiger partial charge is 0.150 e. The van der Waals surface area contributed by atoms with Crippen LogP contribution in [0.15, 0.2) is 0 Å². The van der Waals surface area contributed by atoms with E-state index in [-0.39, 0.29) is 5.41 Å². The van der Waals surface area contributed by atoms with Crippen molar-refractivity contribution in [1.82, 2.24) is 20.1 Å². The van der Waals surface area contributed by atoms with Crippen LogP contribution in [0.1, 0.15) is 83.9 Å². The average molecular weight is 278 g/mol. The highest BCUT2D eigenvalue weighted by atomic mass is 15.3. The highest BCUT2D eigenvalue weighted by molar-refractivity contribution is 5.10. The summed E-state index contributed by atoms with van der Waals surface area (Å²) in [5.74, 6) is 2.91. The third-order valence-corrected chi connectivity index (χ3v) is 4.38. The number of nitrogens with one attached hydrogen (secondary N) is 1. The monoisotopic (exact) mass is 278 g/mol. The Labute approximate surface area is 123 Å². The Morgan fingerprint density at radius 2 is 2.05 bits per heavy atom. The van der Waals surface area contributed by atoms with Gasteiger partial charge in [0.05, 0.1) is 6.04 Å². The van der Waals surface area contributed by atoms with Gasteiger partial charge in [0.15, 0.2) is 5.82 Å². The van der Waals surface area contributed by atoms with Crippen molar-refractivity contribution in [3.8, 4) is 0 Å². The van der Waals surface area contributed by atoms with E-state index in [1.54, 1.807) is 0 Å². The molecule has 4 nitrogen and oxygen atoms in total. The molecule has 0 aromatic carbocycles. The molecule has 2 unspecified atom stereocenters. The van der Waals surface area contributed by atoms with Crippen molar-refractivity contribution in [2.45, 2.75) is 78.8 Å². The molecular formula is C16H30N4. The lowest BCUT2D eigenvalue weighted by Crippen LogP contribution is -2.41. The van der Waals surface area contributed by atoms with E-state index in [1.165, 1.54) is 25.1 Å². The summed E-state index contributed by atoms with van der Waals surface area (Å²) in [6.07, 6.45) is 4.93. The normalized spacial score (nSPS) is 20.8. The second kappa shape index (κ2) is 6.25. The molecule has 0 saturated carbocycles. The minimum atomic E-state index is 0.174. The van der Waals surface area contributed by atoms with Gasteiger partial charge >= 0.3 is 0 Å². The van der Waals surface area contributed by atoms with Crippen LogP contribution in [0.2, 0.25) is 0 Å². The van der Waals surface area contributed by atoms with Crippen LogP contribution in [-0.2, 0) is 6.54 Å². The molecule has 2 atom stereocenters. The third-order valence-electron chi connectivity index (χ3n) is 4.38. The maximum Gasteiger partial charge on any atom is 0.150 e. The van der Waals surface area contributed by atoms with Gasteiger partial charge in [-0.3, -0.25) is 0 Å². The quantitative estimate of drug-likeness (QED) is 0.894. The van der Waals surface area contributed by atoms with E-state index >= 15 is 0 Å². The SMILES string of the molecule is CCCCC(CC)c1nnc2n1CCNC2C(C)(C)C. The van der Waals surface area contributed by atoms with Crippen LogP contribution < -0.4 is 5.32 Å². The molecule has 1 aliphatic rings. The maximum absolute atomic E-state index is 4.56. The summed E-state index contributed by atoms with van der Waals surface area (Å²) in [4.78, 5) is 0. The highest BCUT2D eigenvalue weighted by Crippen LogP contribution is 2.35. The van der Waals surface area contributed by atoms with Gasteiger partial charge in [-0.25, -0.2) is 0 Å². The van der Waals surface area contributed by atoms with Gasteiger partial charge in [0.2, 0.25) is 0 Å². The van der Waals surface area contributed by atoms with Crippen molar-refractivity contribution >= 4 is 0 Å². The first kappa shape index (κ1) is 15.5. The van der Waals surface area contributed by atoms with E-state index < -0.39 is 0 Å². The lowest BCUT2D eigenvalue weighted by atomic mass is 9.85. The van der Waals surface area contributed by atoms with Crippen molar-refractivity contribution in [1.29, 1.82) is 0 Å². The Morgan fingerprint density at radius 3 is 2.65 bits per heavy atom. The molecule has 2 heterocycles. The lowest BCUT2D eigenvalue weighted by Gasteiger charge is -2.35. The second-order valence-corrected chi connectivity index (χ2v) is 7.07. The van der Waals surface area contributed by atoms with Crippen LogP contribution in [0.5, 0.6) is 0 Å². The number of aromatic nitrogens is 3. The van der Waals surface area contributed by atoms with Gasteiger partial charge in [0.25, 0.3) is 0 Å². The Morgan fingerprint density at radius 1 is 1.30 bits per heavy atom. The van der Waals surface area contributed by atoms with Crippen LogP contribution in [-0.4, -0.2) is 21.3 Å². The molecule has 0 amide bonds. The van der Waals surface area contributed by atoms with E-state index in [1.807, 2.05) is 0 Å². The molecule has 20 heavy (non-hydrogen) atoms. The van der Waals surface area contributed by atoms with Crippen LogP contribution >= 0.6 is 0 Å². The van der Waals surface area contributed by atoms with Crippen LogP contribution in [0.4, 0.5) is 0 Å². The van der Waals surface area contributed by atoms with Gasteiger partial charge in [-0.1, -0.05) is 47.5 Å². The van der Waals surface area contributed by atoms with Gasteiger partial charge in [-0.15, -0.1) is 10.2 Å². The lowest BCUT2D eigenvalue weighted by molar-refractivity contribution is 0.231. The van der Waals surface area contributed by atoms with E-state index in [0.29, 0.717) is 12.0 Å². The van der Waals surface area contributed by atoms with Crippen LogP contribution in [0.3, 0.4) is 0 Å². The number of fused-ring (bicyclic) bond motifs is 1. The molecule has 2 rings (SSSR count). The Hall–Kier alpha value is -0.900. The van der Waals surface area contributed by atoms with Crippen LogP contribution in [0, 0.1) is 5.41 Å². The third kappa shape index (κ3) is 3.05. The molecule has 4 heteroatoms. The molecule has 0 saturated heterocycles. The summed E-state index contributed by atoms with van der Waals surface area (Å²) in [5, 5.41) is 12.7. The van der Waals surface area contributed by atoms with Crippen molar-refractivity contribution in [2.75, 3.05) is 6.54 Å². The summed E-state index contributed by atoms with van der Waals surface area (Å²) in [6, 6.07) is 0.307. The fourth-order valence-corrected chi connectivity index (χ4v) is 3.14. The molecule has 0 spiro atoms. The first-order chi connectivity index (χ1) is 9.49. The molecular weight excluding hydrogens is 248 g/mol. The number of nitrogens with zero attached hydrogens (tertiary/aromatic N) is 3. The summed E-state index contributed by atoms with van der Waals surface area (Å²) in [6.45, 7) is 13.3. The van der Waals surface area contributed by atoms with E-state index in [0.717, 1.165) is 25.3 Å². The zero-order valence-electron chi connectivity index (χ0n) is 13.7. The Balaban J connectivity index is 2.28. The number of unbranched alkanes of at least 4 members (excludes halogenated alkanes) is 1. The number of hydrogen-bond donors (Lipinski definition) is 1. The van der Waals surface area contributed by atoms with Crippen LogP contribution in [0.25, 0.3) is 0 Å².